The Morgan fingerprint density at radius 1 is 0.425 bits per heavy atom. The molecule has 6 fully saturated rings. The van der Waals surface area contributed by atoms with Crippen LogP contribution in [0.15, 0.2) is 12.2 Å². The summed E-state index contributed by atoms with van der Waals surface area (Å²) in [6.07, 6.45) is -30.9. The summed E-state index contributed by atoms with van der Waals surface area (Å²) in [4.78, 5) is 79.0. The number of allylic oxidation sites excluding steroid dienone is 1. The van der Waals surface area contributed by atoms with Gasteiger partial charge in [0, 0.05) is 40.0 Å². The normalized spacial score (nSPS) is 35.1. The molecule has 43 heteroatoms. The lowest BCUT2D eigenvalue weighted by Gasteiger charge is -2.52. The molecular weight excluding hydrogens is 1690 g/mol. The van der Waals surface area contributed by atoms with Crippen LogP contribution in [-0.4, -0.2) is 396 Å². The van der Waals surface area contributed by atoms with Crippen molar-refractivity contribution in [3.63, 3.8) is 0 Å². The van der Waals surface area contributed by atoms with E-state index in [-0.39, 0.29) is 6.42 Å². The van der Waals surface area contributed by atoms with E-state index >= 15 is 0 Å². The third-order valence-corrected chi connectivity index (χ3v) is 24.1. The van der Waals surface area contributed by atoms with Gasteiger partial charge in [-0.1, -0.05) is 180 Å². The number of unbranched alkanes of at least 4 members (excludes halogenated alkanes) is 25. The van der Waals surface area contributed by atoms with E-state index in [1.807, 2.05) is 0 Å². The van der Waals surface area contributed by atoms with Crippen molar-refractivity contribution in [2.45, 2.75) is 435 Å². The zero-order valence-electron chi connectivity index (χ0n) is 73.5. The van der Waals surface area contributed by atoms with Crippen molar-refractivity contribution in [1.82, 2.24) is 21.3 Å². The summed E-state index contributed by atoms with van der Waals surface area (Å²) in [5.74, 6) is -14.2. The van der Waals surface area contributed by atoms with Gasteiger partial charge in [0.05, 0.1) is 82.7 Å². The number of aliphatic carboxylic acids is 2. The Morgan fingerprint density at radius 2 is 0.811 bits per heavy atom. The molecule has 0 aromatic carbocycles. The SMILES string of the molecule is CCCCCCCCCCCCC/C=C/[C@@H](O)[C@H](CO[C@@H]1O[C@H](CO)[C@@H](O[C@@H]2O[C@H](CO)[C@H](O)[C@H](O[C@@H]3O[C@H](CO[C@]4(C(=O)O)C[C@H](O)[C@@H](NC(C)=O)[C@H]([C@H](O)[C@H](O)CO)O4)[C@@H](O)[C@H](O[C@@H]4O[C@H](CO)[C@H](O)[C@H](O[C@]5(C(=O)O)C[C@H](O)[C@@H](NC(C)=O)[C@H]([C@H](O)[C@H](O)CO)O5)[C@H]4O)[C@H]3NC(C)=O)[C@H]2O)[C@H](O)[C@H]1O)NC(=O)CCCCCCCCCCCCCCCCC. The molecule has 0 aromatic heterocycles. The van der Waals surface area contributed by atoms with Crippen molar-refractivity contribution in [3.8, 4) is 0 Å². The van der Waals surface area contributed by atoms with E-state index in [0.29, 0.717) is 12.8 Å². The number of carboxylic acid groups (broad SMARTS) is 2. The van der Waals surface area contributed by atoms with Gasteiger partial charge in [-0.05, 0) is 19.3 Å². The number of nitrogens with one attached hydrogen (secondary N) is 4. The van der Waals surface area contributed by atoms with Gasteiger partial charge < -0.3 is 185 Å². The number of hydrogen-bond acceptors (Lipinski definition) is 37. The second-order valence-electron chi connectivity index (χ2n) is 34.3. The predicted molar refractivity (Wildman–Crippen MR) is 440 cm³/mol. The minimum atomic E-state index is -3.37. The highest BCUT2D eigenvalue weighted by molar-refractivity contribution is 5.78. The molecule has 4 amide bonds. The topological polar surface area (TPSA) is 686 Å². The molecule has 6 rings (SSSR count). The largest absolute Gasteiger partial charge is 0.477 e. The number of amides is 4. The third-order valence-electron chi connectivity index (χ3n) is 24.1. The Kier molecular flexibility index (Phi) is 49.4. The number of aliphatic hydroxyl groups is 19. The maximum Gasteiger partial charge on any atom is 0.364 e. The molecule has 0 bridgehead atoms. The third kappa shape index (κ3) is 32.8. The van der Waals surface area contributed by atoms with Gasteiger partial charge in [0.1, 0.15) is 134 Å². The van der Waals surface area contributed by atoms with Crippen LogP contribution in [0.1, 0.15) is 227 Å². The second-order valence-corrected chi connectivity index (χ2v) is 34.3. The number of carbonyl (C=O) groups excluding carboxylic acids is 4. The summed E-state index contributed by atoms with van der Waals surface area (Å²) >= 11 is 0. The first-order valence-corrected chi connectivity index (χ1v) is 45.2. The van der Waals surface area contributed by atoms with Crippen LogP contribution in [0.3, 0.4) is 0 Å². The zero-order chi connectivity index (χ0) is 93.8. The monoisotopic (exact) mass is 1840 g/mol. The standard InChI is InChI=1S/C84H148N4O39/c1-6-8-10-12-14-16-18-20-21-23-25-27-29-31-33-35-58(102)88-48(49(97)34-32-30-28-26-24-22-19-17-15-13-11-9-7-2)43-116-78-68(109)67(108)71(56(42-93)120-78)122-79-69(110)75(64(105)54(40-91)118-79)124-77-61(87-47(5)96)72(66(107)57(121-77)44-117-83(81(112)113)36-50(98)59(85-45(3)94)73(125-83)62(103)52(100)38-89)123-80-70(111)76(65(106)55(41-92)119-80)127-84(82(114)115)37-51(99)60(86-46(4)95)74(126-84)63(104)53(101)39-90/h32,34,48-57,59-80,89-93,97-101,103-111H,6-31,33,35-44H2,1-5H3,(H,85,94)(H,86,95)(H,87,96)(H,88,102)(H,112,113)(H,114,115)/b34-32+/t48-,49+,50-,51-,52+,53+,54+,55+,56+,57+,59+,60+,61+,62+,63+,64-,65-,66+,67+,68+,69+,70+,71+,72+,73+,74+,75-,76-,77-,78+,79-,80-,83+,84-/m0/s1. The smallest absolute Gasteiger partial charge is 0.364 e. The Hall–Kier alpha value is -4.68. The molecule has 6 saturated heterocycles. The fraction of sp³-hybridized carbons (Fsp3) is 0.905. The molecule has 43 nitrogen and oxygen atoms in total. The Morgan fingerprint density at radius 3 is 1.26 bits per heavy atom. The number of hydrogen-bond donors (Lipinski definition) is 25. The predicted octanol–water partition coefficient (Wildman–Crippen LogP) is -3.87. The van der Waals surface area contributed by atoms with Crippen LogP contribution >= 0.6 is 0 Å². The van der Waals surface area contributed by atoms with E-state index in [0.717, 1.165) is 85.0 Å². The number of rotatable bonds is 59. The second kappa shape index (κ2) is 56.5. The van der Waals surface area contributed by atoms with Crippen molar-refractivity contribution in [2.75, 3.05) is 46.2 Å². The Labute approximate surface area is 740 Å². The molecule has 6 aliphatic rings. The lowest BCUT2D eigenvalue weighted by molar-refractivity contribution is -0.391. The van der Waals surface area contributed by atoms with Crippen molar-refractivity contribution >= 4 is 35.6 Å². The fourth-order valence-corrected chi connectivity index (χ4v) is 16.8. The highest BCUT2D eigenvalue weighted by Crippen LogP contribution is 2.42. The van der Waals surface area contributed by atoms with Crippen LogP contribution in [0, 0.1) is 0 Å². The molecule has 0 radical (unpaired) electrons. The summed E-state index contributed by atoms with van der Waals surface area (Å²) in [6, 6.07) is -6.88. The average molecular weight is 1840 g/mol. The van der Waals surface area contributed by atoms with Gasteiger partial charge in [0.15, 0.2) is 25.2 Å². The van der Waals surface area contributed by atoms with Crippen molar-refractivity contribution in [3.05, 3.63) is 12.2 Å². The average Bonchev–Trinajstić information content (AvgIpc) is 0.752. The van der Waals surface area contributed by atoms with Crippen LogP contribution in [0.5, 0.6) is 0 Å². The zero-order valence-corrected chi connectivity index (χ0v) is 73.5. The molecule has 0 aliphatic carbocycles. The van der Waals surface area contributed by atoms with Gasteiger partial charge in [0.2, 0.25) is 23.6 Å². The molecule has 0 spiro atoms. The quantitative estimate of drug-likeness (QED) is 0.0205. The highest BCUT2D eigenvalue weighted by Gasteiger charge is 2.63. The number of ether oxygens (including phenoxy) is 12. The molecule has 738 valence electrons. The van der Waals surface area contributed by atoms with Gasteiger partial charge in [-0.25, -0.2) is 9.59 Å². The van der Waals surface area contributed by atoms with Crippen LogP contribution < -0.4 is 21.3 Å². The van der Waals surface area contributed by atoms with Crippen molar-refractivity contribution in [1.29, 1.82) is 0 Å². The summed E-state index contributed by atoms with van der Waals surface area (Å²) in [6.45, 7) is -0.671. The molecule has 127 heavy (non-hydrogen) atoms. The first kappa shape index (κ1) is 111. The highest BCUT2D eigenvalue weighted by atomic mass is 16.8. The summed E-state index contributed by atoms with van der Waals surface area (Å²) in [5.41, 5.74) is 0. The molecule has 25 N–H and O–H groups in total. The Bertz CT molecular complexity index is 3200. The van der Waals surface area contributed by atoms with Crippen molar-refractivity contribution < 1.29 is 193 Å². The lowest BCUT2D eigenvalue weighted by Crippen LogP contribution is -2.72. The summed E-state index contributed by atoms with van der Waals surface area (Å²) < 4.78 is 71.6. The van der Waals surface area contributed by atoms with E-state index in [4.69, 9.17) is 56.8 Å². The van der Waals surface area contributed by atoms with Gasteiger partial charge in [-0.2, -0.15) is 0 Å². The minimum Gasteiger partial charge on any atom is -0.477 e. The van der Waals surface area contributed by atoms with Crippen LogP contribution in [0.4, 0.5) is 0 Å². The minimum absolute atomic E-state index is 0.115. The summed E-state index contributed by atoms with van der Waals surface area (Å²) in [7, 11) is 0. The van der Waals surface area contributed by atoms with Gasteiger partial charge in [-0.15, -0.1) is 0 Å². The Balaban J connectivity index is 1.28. The first-order chi connectivity index (χ1) is 60.5. The number of carboxylic acids is 2. The van der Waals surface area contributed by atoms with E-state index in [2.05, 4.69) is 35.1 Å². The van der Waals surface area contributed by atoms with Gasteiger partial charge >= 0.3 is 11.9 Å². The van der Waals surface area contributed by atoms with E-state index < -0.39 is 302 Å². The number of aliphatic hydroxyl groups excluding tert-OH is 19. The summed E-state index contributed by atoms with van der Waals surface area (Å²) in [5, 5.41) is 247. The van der Waals surface area contributed by atoms with Crippen molar-refractivity contribution in [2.24, 2.45) is 0 Å². The maximum atomic E-state index is 13.7. The molecule has 34 atom stereocenters. The molecule has 6 aliphatic heterocycles. The van der Waals surface area contributed by atoms with Crippen LogP contribution in [0.2, 0.25) is 0 Å². The maximum absolute atomic E-state index is 13.7. The molecule has 0 aromatic rings. The van der Waals surface area contributed by atoms with E-state index in [9.17, 15) is 136 Å². The number of carbonyl (C=O) groups is 6. The lowest BCUT2D eigenvalue weighted by atomic mass is 9.88. The first-order valence-electron chi connectivity index (χ1n) is 45.2. The molecule has 6 heterocycles. The van der Waals surface area contributed by atoms with Crippen LogP contribution in [-0.2, 0) is 85.6 Å². The fourth-order valence-electron chi connectivity index (χ4n) is 16.8. The van der Waals surface area contributed by atoms with E-state index in [1.54, 1.807) is 6.08 Å². The van der Waals surface area contributed by atoms with Gasteiger partial charge in [0.25, 0.3) is 11.6 Å². The molecule has 0 saturated carbocycles. The molecular formula is C84H148N4O39. The van der Waals surface area contributed by atoms with Crippen LogP contribution in [0.25, 0.3) is 0 Å². The van der Waals surface area contributed by atoms with E-state index in [1.165, 1.54) is 102 Å². The van der Waals surface area contributed by atoms with Gasteiger partial charge in [-0.3, -0.25) is 19.2 Å². The molecule has 0 unspecified atom stereocenters.